The number of carbonyl (C=O) groups excluding carboxylic acids is 1. The molecule has 1 aromatic heterocycles. The van der Waals surface area contributed by atoms with Gasteiger partial charge in [0.05, 0.1) is 11.8 Å². The van der Waals surface area contributed by atoms with Crippen LogP contribution in [0.1, 0.15) is 41.2 Å². The van der Waals surface area contributed by atoms with Crippen LogP contribution >= 0.6 is 0 Å². The molecule has 1 aromatic carbocycles. The van der Waals surface area contributed by atoms with Gasteiger partial charge in [-0.05, 0) is 36.6 Å². The predicted molar refractivity (Wildman–Crippen MR) is 100 cm³/mol. The summed E-state index contributed by atoms with van der Waals surface area (Å²) < 4.78 is 27.3. The van der Waals surface area contributed by atoms with E-state index in [9.17, 15) is 13.2 Å². The highest BCUT2D eigenvalue weighted by molar-refractivity contribution is 7.89. The third kappa shape index (κ3) is 4.47. The van der Waals surface area contributed by atoms with E-state index >= 15 is 0 Å². The zero-order chi connectivity index (χ0) is 18.4. The van der Waals surface area contributed by atoms with Gasteiger partial charge in [-0.3, -0.25) is 9.78 Å². The summed E-state index contributed by atoms with van der Waals surface area (Å²) in [5.74, 6) is -0.370. The topological polar surface area (TPSA) is 79.4 Å². The van der Waals surface area contributed by atoms with E-state index in [2.05, 4.69) is 10.3 Å². The van der Waals surface area contributed by atoms with Crippen LogP contribution in [0.2, 0.25) is 0 Å². The van der Waals surface area contributed by atoms with Crippen molar-refractivity contribution in [1.82, 2.24) is 14.6 Å². The predicted octanol–water partition coefficient (Wildman–Crippen LogP) is 2.37. The van der Waals surface area contributed by atoms with Crippen LogP contribution in [0.4, 0.5) is 0 Å². The highest BCUT2D eigenvalue weighted by atomic mass is 32.2. The minimum absolute atomic E-state index is 0.0896. The largest absolute Gasteiger partial charge is 0.351 e. The van der Waals surface area contributed by atoms with Gasteiger partial charge in [0, 0.05) is 31.0 Å². The fraction of sp³-hybridized carbons (Fsp3) is 0.368. The third-order valence-electron chi connectivity index (χ3n) is 4.56. The molecule has 1 N–H and O–H groups in total. The van der Waals surface area contributed by atoms with E-state index in [0.717, 1.165) is 24.8 Å². The van der Waals surface area contributed by atoms with Crippen LogP contribution in [0.25, 0.3) is 0 Å². The quantitative estimate of drug-likeness (QED) is 0.843. The average molecular weight is 373 g/mol. The molecule has 1 saturated heterocycles. The molecule has 2 aromatic rings. The summed E-state index contributed by atoms with van der Waals surface area (Å²) in [6.45, 7) is 0.598. The number of piperidine rings is 1. The second kappa shape index (κ2) is 8.42. The lowest BCUT2D eigenvalue weighted by molar-refractivity contribution is 0.0956. The fourth-order valence-electron chi connectivity index (χ4n) is 3.25. The summed E-state index contributed by atoms with van der Waals surface area (Å²) in [6, 6.07) is 12.4. The Bertz CT molecular complexity index is 826. The molecule has 0 saturated carbocycles. The maximum absolute atomic E-state index is 12.8. The molecule has 1 fully saturated rings. The zero-order valence-corrected chi connectivity index (χ0v) is 15.4. The SMILES string of the molecule is O=C(NCCS(=O)(=O)N1CCCC[C@H]1c1cccnc1)c1ccccc1. The summed E-state index contributed by atoms with van der Waals surface area (Å²) in [5, 5.41) is 2.69. The molecular formula is C19H23N3O3S. The van der Waals surface area contributed by atoms with Gasteiger partial charge in [0.15, 0.2) is 0 Å². The Labute approximate surface area is 154 Å². The van der Waals surface area contributed by atoms with Crippen molar-refractivity contribution in [3.63, 3.8) is 0 Å². The van der Waals surface area contributed by atoms with Crippen molar-refractivity contribution < 1.29 is 13.2 Å². The van der Waals surface area contributed by atoms with E-state index in [4.69, 9.17) is 0 Å². The standard InChI is InChI=1S/C19H23N3O3S/c23-19(16-7-2-1-3-8-16)21-12-14-26(24,25)22-13-5-4-10-18(22)17-9-6-11-20-15-17/h1-3,6-9,11,15,18H,4-5,10,12-14H2,(H,21,23)/t18-/m0/s1. The summed E-state index contributed by atoms with van der Waals surface area (Å²) in [6.07, 6.45) is 6.06. The molecule has 0 unspecified atom stereocenters. The molecule has 0 bridgehead atoms. The highest BCUT2D eigenvalue weighted by Crippen LogP contribution is 2.32. The van der Waals surface area contributed by atoms with Gasteiger partial charge in [-0.2, -0.15) is 4.31 Å². The minimum atomic E-state index is -3.47. The van der Waals surface area contributed by atoms with Gasteiger partial charge in [0.1, 0.15) is 0 Å². The van der Waals surface area contributed by atoms with Gasteiger partial charge in [-0.15, -0.1) is 0 Å². The zero-order valence-electron chi connectivity index (χ0n) is 14.5. The van der Waals surface area contributed by atoms with Crippen molar-refractivity contribution in [3.8, 4) is 0 Å². The number of benzene rings is 1. The number of hydrogen-bond donors (Lipinski definition) is 1. The molecule has 7 heteroatoms. The molecule has 26 heavy (non-hydrogen) atoms. The number of aromatic nitrogens is 1. The maximum atomic E-state index is 12.8. The van der Waals surface area contributed by atoms with Crippen LogP contribution in [0, 0.1) is 0 Å². The number of amides is 1. The second-order valence-corrected chi connectivity index (χ2v) is 8.39. The van der Waals surface area contributed by atoms with Crippen LogP contribution in [-0.4, -0.2) is 42.5 Å². The first-order chi connectivity index (χ1) is 12.6. The van der Waals surface area contributed by atoms with E-state index in [-0.39, 0.29) is 24.2 Å². The van der Waals surface area contributed by atoms with E-state index in [1.165, 1.54) is 0 Å². The van der Waals surface area contributed by atoms with Crippen LogP contribution in [-0.2, 0) is 10.0 Å². The third-order valence-corrected chi connectivity index (χ3v) is 6.43. The van der Waals surface area contributed by atoms with Gasteiger partial charge in [-0.25, -0.2) is 8.42 Å². The lowest BCUT2D eigenvalue weighted by Crippen LogP contribution is -2.42. The summed E-state index contributed by atoms with van der Waals surface area (Å²) in [5.41, 5.74) is 1.44. The van der Waals surface area contributed by atoms with E-state index < -0.39 is 10.0 Å². The highest BCUT2D eigenvalue weighted by Gasteiger charge is 2.33. The molecule has 1 amide bonds. The number of carbonyl (C=O) groups is 1. The van der Waals surface area contributed by atoms with Crippen LogP contribution in [0.15, 0.2) is 54.9 Å². The van der Waals surface area contributed by atoms with Crippen LogP contribution in [0.3, 0.4) is 0 Å². The molecule has 2 heterocycles. The summed E-state index contributed by atoms with van der Waals surface area (Å²) in [4.78, 5) is 16.2. The lowest BCUT2D eigenvalue weighted by atomic mass is 9.99. The smallest absolute Gasteiger partial charge is 0.251 e. The Morgan fingerprint density at radius 1 is 1.15 bits per heavy atom. The molecule has 0 spiro atoms. The Morgan fingerprint density at radius 3 is 2.69 bits per heavy atom. The van der Waals surface area contributed by atoms with Crippen LogP contribution < -0.4 is 5.32 Å². The number of sulfonamides is 1. The number of rotatable bonds is 6. The summed E-state index contributed by atoms with van der Waals surface area (Å²) in [7, 11) is -3.47. The first-order valence-corrected chi connectivity index (χ1v) is 10.4. The van der Waals surface area contributed by atoms with Gasteiger partial charge < -0.3 is 5.32 Å². The molecule has 3 rings (SSSR count). The van der Waals surface area contributed by atoms with Crippen LogP contribution in [0.5, 0.6) is 0 Å². The molecule has 1 aliphatic rings. The molecule has 1 aliphatic heterocycles. The molecule has 1 atom stereocenters. The fourth-order valence-corrected chi connectivity index (χ4v) is 4.86. The average Bonchev–Trinajstić information content (AvgIpc) is 2.69. The normalized spacial score (nSPS) is 18.4. The number of nitrogens with one attached hydrogen (secondary N) is 1. The molecule has 0 aliphatic carbocycles. The number of hydrogen-bond acceptors (Lipinski definition) is 4. The van der Waals surface area contributed by atoms with Gasteiger partial charge in [-0.1, -0.05) is 30.7 Å². The van der Waals surface area contributed by atoms with E-state index in [1.54, 1.807) is 41.0 Å². The first-order valence-electron chi connectivity index (χ1n) is 8.80. The Hall–Kier alpha value is -2.25. The lowest BCUT2D eigenvalue weighted by Gasteiger charge is -2.34. The Balaban J connectivity index is 1.63. The molecule has 0 radical (unpaired) electrons. The van der Waals surface area contributed by atoms with E-state index in [1.807, 2.05) is 18.2 Å². The van der Waals surface area contributed by atoms with Crippen molar-refractivity contribution in [1.29, 1.82) is 0 Å². The van der Waals surface area contributed by atoms with Gasteiger partial charge in [0.2, 0.25) is 10.0 Å². The van der Waals surface area contributed by atoms with Crippen molar-refractivity contribution in [3.05, 3.63) is 66.0 Å². The second-order valence-electron chi connectivity index (χ2n) is 6.35. The monoisotopic (exact) mass is 373 g/mol. The summed E-state index contributed by atoms with van der Waals surface area (Å²) >= 11 is 0. The Morgan fingerprint density at radius 2 is 1.96 bits per heavy atom. The first kappa shape index (κ1) is 18.5. The number of nitrogens with zero attached hydrogens (tertiary/aromatic N) is 2. The number of pyridine rings is 1. The van der Waals surface area contributed by atoms with Crippen molar-refractivity contribution in [2.45, 2.75) is 25.3 Å². The van der Waals surface area contributed by atoms with E-state index in [0.29, 0.717) is 12.1 Å². The van der Waals surface area contributed by atoms with Crippen molar-refractivity contribution in [2.75, 3.05) is 18.8 Å². The Kier molecular flexibility index (Phi) is 6.00. The van der Waals surface area contributed by atoms with Crippen molar-refractivity contribution in [2.24, 2.45) is 0 Å². The van der Waals surface area contributed by atoms with Gasteiger partial charge >= 0.3 is 0 Å². The minimum Gasteiger partial charge on any atom is -0.351 e. The molecular weight excluding hydrogens is 350 g/mol. The maximum Gasteiger partial charge on any atom is 0.251 e. The molecule has 138 valence electrons. The van der Waals surface area contributed by atoms with Crippen molar-refractivity contribution >= 4 is 15.9 Å². The van der Waals surface area contributed by atoms with Gasteiger partial charge in [0.25, 0.3) is 5.91 Å². The molecule has 6 nitrogen and oxygen atoms in total.